The fourth-order valence-corrected chi connectivity index (χ4v) is 2.10. The van der Waals surface area contributed by atoms with E-state index in [1.54, 1.807) is 0 Å². The molecule has 2 unspecified atom stereocenters. The second-order valence-electron chi connectivity index (χ2n) is 5.21. The van der Waals surface area contributed by atoms with Crippen molar-refractivity contribution in [1.82, 2.24) is 9.97 Å². The number of aliphatic hydroxyl groups is 2. The third-order valence-electron chi connectivity index (χ3n) is 3.36. The molecule has 136 valence electrons. The van der Waals surface area contributed by atoms with Crippen molar-refractivity contribution in [3.05, 3.63) is 59.2 Å². The van der Waals surface area contributed by atoms with Crippen LogP contribution in [-0.2, 0) is 12.4 Å². The van der Waals surface area contributed by atoms with Gasteiger partial charge < -0.3 is 10.2 Å². The van der Waals surface area contributed by atoms with Gasteiger partial charge in [0.1, 0.15) is 11.4 Å². The number of nitrogens with zero attached hydrogens (tertiary/aromatic N) is 2. The van der Waals surface area contributed by atoms with Gasteiger partial charge in [0, 0.05) is 18.8 Å². The number of halogens is 6. The standard InChI is InChI=1S/C15H12F6N2O2/c16-14(17,18)12-5-8(1-3-22-12)10(24)7-11(25)9-2-4-23-13(6-9)15(19,20)21/h1-6,10-11,24-25H,7H2. The van der Waals surface area contributed by atoms with Gasteiger partial charge >= 0.3 is 12.4 Å². The van der Waals surface area contributed by atoms with E-state index < -0.39 is 42.4 Å². The van der Waals surface area contributed by atoms with Gasteiger partial charge in [-0.25, -0.2) is 0 Å². The topological polar surface area (TPSA) is 66.2 Å². The van der Waals surface area contributed by atoms with Crippen LogP contribution in [0.4, 0.5) is 26.3 Å². The highest BCUT2D eigenvalue weighted by Gasteiger charge is 2.34. The first kappa shape index (κ1) is 19.1. The Morgan fingerprint density at radius 2 is 1.12 bits per heavy atom. The van der Waals surface area contributed by atoms with Crippen molar-refractivity contribution in [2.24, 2.45) is 0 Å². The second kappa shape index (κ2) is 6.96. The van der Waals surface area contributed by atoms with E-state index in [2.05, 4.69) is 9.97 Å². The van der Waals surface area contributed by atoms with Crippen LogP contribution in [0.1, 0.15) is 41.1 Å². The Hall–Kier alpha value is -2.20. The van der Waals surface area contributed by atoms with Crippen molar-refractivity contribution >= 4 is 0 Å². The summed E-state index contributed by atoms with van der Waals surface area (Å²) in [4.78, 5) is 6.27. The molecule has 0 aliphatic carbocycles. The van der Waals surface area contributed by atoms with Crippen LogP contribution in [0.15, 0.2) is 36.7 Å². The first-order valence-corrected chi connectivity index (χ1v) is 6.91. The lowest BCUT2D eigenvalue weighted by atomic mass is 9.99. The van der Waals surface area contributed by atoms with E-state index >= 15 is 0 Å². The van der Waals surface area contributed by atoms with Gasteiger partial charge in [-0.3, -0.25) is 9.97 Å². The van der Waals surface area contributed by atoms with Crippen LogP contribution < -0.4 is 0 Å². The Labute approximate surface area is 137 Å². The molecular weight excluding hydrogens is 354 g/mol. The monoisotopic (exact) mass is 366 g/mol. The number of rotatable bonds is 4. The van der Waals surface area contributed by atoms with Crippen molar-refractivity contribution in [3.8, 4) is 0 Å². The zero-order chi connectivity index (χ0) is 18.8. The average Bonchev–Trinajstić information content (AvgIpc) is 2.53. The van der Waals surface area contributed by atoms with Crippen LogP contribution in [0.5, 0.6) is 0 Å². The molecular formula is C15H12F6N2O2. The largest absolute Gasteiger partial charge is 0.433 e. The highest BCUT2D eigenvalue weighted by Crippen LogP contribution is 2.33. The van der Waals surface area contributed by atoms with Crippen molar-refractivity contribution < 1.29 is 36.6 Å². The number of pyridine rings is 2. The molecule has 2 N–H and O–H groups in total. The molecule has 2 rings (SSSR count). The summed E-state index contributed by atoms with van der Waals surface area (Å²) in [7, 11) is 0. The zero-order valence-corrected chi connectivity index (χ0v) is 12.4. The average molecular weight is 366 g/mol. The molecule has 0 saturated carbocycles. The summed E-state index contributed by atoms with van der Waals surface area (Å²) in [5.74, 6) is 0. The van der Waals surface area contributed by atoms with E-state index in [9.17, 15) is 36.6 Å². The Kier molecular flexibility index (Phi) is 5.33. The summed E-state index contributed by atoms with van der Waals surface area (Å²) in [6.07, 6.45) is -11.3. The third kappa shape index (κ3) is 4.89. The van der Waals surface area contributed by atoms with Crippen LogP contribution in [0.2, 0.25) is 0 Å². The van der Waals surface area contributed by atoms with Gasteiger partial charge in [-0.15, -0.1) is 0 Å². The van der Waals surface area contributed by atoms with E-state index in [0.717, 1.165) is 24.5 Å². The predicted molar refractivity (Wildman–Crippen MR) is 73.0 cm³/mol. The molecule has 0 aliphatic heterocycles. The van der Waals surface area contributed by atoms with Gasteiger partial charge in [0.15, 0.2) is 0 Å². The van der Waals surface area contributed by atoms with Crippen LogP contribution in [0.25, 0.3) is 0 Å². The lowest BCUT2D eigenvalue weighted by Gasteiger charge is -2.18. The number of aromatic nitrogens is 2. The predicted octanol–water partition coefficient (Wildman–Crippen LogP) is 3.67. The van der Waals surface area contributed by atoms with Gasteiger partial charge in [-0.2, -0.15) is 26.3 Å². The van der Waals surface area contributed by atoms with Gasteiger partial charge in [-0.1, -0.05) is 0 Å². The van der Waals surface area contributed by atoms with E-state index in [4.69, 9.17) is 0 Å². The lowest BCUT2D eigenvalue weighted by Crippen LogP contribution is -2.12. The van der Waals surface area contributed by atoms with Crippen LogP contribution >= 0.6 is 0 Å². The molecule has 0 spiro atoms. The van der Waals surface area contributed by atoms with Gasteiger partial charge in [-0.05, 0) is 35.4 Å². The molecule has 0 radical (unpaired) electrons. The lowest BCUT2D eigenvalue weighted by molar-refractivity contribution is -0.142. The van der Waals surface area contributed by atoms with E-state index in [1.807, 2.05) is 0 Å². The highest BCUT2D eigenvalue weighted by molar-refractivity contribution is 5.23. The molecule has 2 heterocycles. The molecule has 2 aromatic rings. The highest BCUT2D eigenvalue weighted by atomic mass is 19.4. The number of hydrogen-bond donors (Lipinski definition) is 2. The van der Waals surface area contributed by atoms with Gasteiger partial charge in [0.2, 0.25) is 0 Å². The fraction of sp³-hybridized carbons (Fsp3) is 0.333. The molecule has 0 saturated heterocycles. The molecule has 25 heavy (non-hydrogen) atoms. The van der Waals surface area contributed by atoms with Crippen molar-refractivity contribution in [3.63, 3.8) is 0 Å². The normalized spacial score (nSPS) is 15.0. The summed E-state index contributed by atoms with van der Waals surface area (Å²) in [5, 5.41) is 20.0. The fourth-order valence-electron chi connectivity index (χ4n) is 2.10. The van der Waals surface area contributed by atoms with E-state index in [1.165, 1.54) is 0 Å². The summed E-state index contributed by atoms with van der Waals surface area (Å²) < 4.78 is 75.6. The summed E-state index contributed by atoms with van der Waals surface area (Å²) in [6, 6.07) is 3.48. The zero-order valence-electron chi connectivity index (χ0n) is 12.4. The SMILES string of the molecule is OC(CC(O)c1ccnc(C(F)(F)F)c1)c1ccnc(C(F)(F)F)c1. The van der Waals surface area contributed by atoms with Crippen molar-refractivity contribution in [1.29, 1.82) is 0 Å². The Balaban J connectivity index is 2.17. The molecule has 0 amide bonds. The maximum atomic E-state index is 12.6. The van der Waals surface area contributed by atoms with E-state index in [0.29, 0.717) is 12.1 Å². The maximum Gasteiger partial charge on any atom is 0.433 e. The Bertz CT molecular complexity index is 671. The third-order valence-corrected chi connectivity index (χ3v) is 3.36. The Morgan fingerprint density at radius 1 is 0.760 bits per heavy atom. The quantitative estimate of drug-likeness (QED) is 0.811. The maximum absolute atomic E-state index is 12.6. The number of aliphatic hydroxyl groups excluding tert-OH is 2. The molecule has 0 aliphatic rings. The molecule has 2 atom stereocenters. The first-order chi connectivity index (χ1) is 11.5. The van der Waals surface area contributed by atoms with Crippen LogP contribution in [0.3, 0.4) is 0 Å². The van der Waals surface area contributed by atoms with Crippen LogP contribution in [0, 0.1) is 0 Å². The van der Waals surface area contributed by atoms with E-state index in [-0.39, 0.29) is 11.1 Å². The molecule has 0 bridgehead atoms. The summed E-state index contributed by atoms with van der Waals surface area (Å²) in [6.45, 7) is 0. The minimum atomic E-state index is -4.71. The Morgan fingerprint density at radius 3 is 1.44 bits per heavy atom. The molecule has 10 heteroatoms. The minimum absolute atomic E-state index is 0.161. The van der Waals surface area contributed by atoms with Crippen molar-refractivity contribution in [2.75, 3.05) is 0 Å². The second-order valence-corrected chi connectivity index (χ2v) is 5.21. The molecule has 0 aromatic carbocycles. The smallest absolute Gasteiger partial charge is 0.388 e. The van der Waals surface area contributed by atoms with Gasteiger partial charge in [0.25, 0.3) is 0 Å². The summed E-state index contributed by atoms with van der Waals surface area (Å²) >= 11 is 0. The summed E-state index contributed by atoms with van der Waals surface area (Å²) in [5.41, 5.74) is -2.76. The molecule has 4 nitrogen and oxygen atoms in total. The number of alkyl halides is 6. The number of hydrogen-bond acceptors (Lipinski definition) is 4. The van der Waals surface area contributed by atoms with Crippen LogP contribution in [-0.4, -0.2) is 20.2 Å². The first-order valence-electron chi connectivity index (χ1n) is 6.91. The minimum Gasteiger partial charge on any atom is -0.388 e. The molecule has 0 fully saturated rings. The van der Waals surface area contributed by atoms with Crippen molar-refractivity contribution in [2.45, 2.75) is 31.0 Å². The molecule has 2 aromatic heterocycles. The van der Waals surface area contributed by atoms with Gasteiger partial charge in [0.05, 0.1) is 12.2 Å².